The van der Waals surface area contributed by atoms with Crippen LogP contribution in [0.3, 0.4) is 0 Å². The molecule has 1 amide bonds. The van der Waals surface area contributed by atoms with Gasteiger partial charge in [-0.25, -0.2) is 4.79 Å². The van der Waals surface area contributed by atoms with Crippen LogP contribution >= 0.6 is 0 Å². The first-order valence-corrected chi connectivity index (χ1v) is 9.06. The molecule has 25 heavy (non-hydrogen) atoms. The van der Waals surface area contributed by atoms with Crippen molar-refractivity contribution in [3.63, 3.8) is 0 Å². The molecule has 3 atom stereocenters. The minimum Gasteiger partial charge on any atom is -0.493 e. The van der Waals surface area contributed by atoms with Crippen LogP contribution in [0.5, 0.6) is 11.5 Å². The highest BCUT2D eigenvalue weighted by Gasteiger charge is 2.53. The molecule has 136 valence electrons. The third-order valence-corrected chi connectivity index (χ3v) is 6.17. The van der Waals surface area contributed by atoms with Crippen molar-refractivity contribution >= 4 is 6.09 Å². The number of piperidine rings is 1. The van der Waals surface area contributed by atoms with Gasteiger partial charge in [0.1, 0.15) is 5.60 Å². The molecule has 0 saturated carbocycles. The van der Waals surface area contributed by atoms with E-state index in [9.17, 15) is 4.79 Å². The van der Waals surface area contributed by atoms with Gasteiger partial charge < -0.3 is 19.5 Å². The molecule has 1 spiro atoms. The maximum atomic E-state index is 11.8. The summed E-state index contributed by atoms with van der Waals surface area (Å²) >= 11 is 0. The predicted molar refractivity (Wildman–Crippen MR) is 93.2 cm³/mol. The Morgan fingerprint density at radius 2 is 2.08 bits per heavy atom. The molecule has 1 N–H and O–H groups in total. The molecular formula is C19H26N2O4. The van der Waals surface area contributed by atoms with E-state index < -0.39 is 5.60 Å². The third kappa shape index (κ3) is 2.54. The van der Waals surface area contributed by atoms with E-state index in [2.05, 4.69) is 29.3 Å². The van der Waals surface area contributed by atoms with Crippen molar-refractivity contribution in [3.8, 4) is 11.5 Å². The summed E-state index contributed by atoms with van der Waals surface area (Å²) in [6.45, 7) is 4.78. The highest BCUT2D eigenvalue weighted by atomic mass is 16.6. The summed E-state index contributed by atoms with van der Waals surface area (Å²) < 4.78 is 16.8. The lowest BCUT2D eigenvalue weighted by Crippen LogP contribution is -2.56. The second kappa shape index (κ2) is 6.09. The fourth-order valence-corrected chi connectivity index (χ4v) is 4.80. The van der Waals surface area contributed by atoms with Crippen LogP contribution < -0.4 is 14.8 Å². The number of rotatable bonds is 3. The van der Waals surface area contributed by atoms with E-state index in [1.807, 2.05) is 0 Å². The van der Waals surface area contributed by atoms with Gasteiger partial charge in [0.15, 0.2) is 11.5 Å². The number of carbonyl (C=O) groups excluding carboxylic acids is 1. The van der Waals surface area contributed by atoms with Gasteiger partial charge in [0, 0.05) is 31.5 Å². The molecule has 2 saturated heterocycles. The summed E-state index contributed by atoms with van der Waals surface area (Å²) in [5, 5.41) is 2.88. The molecule has 0 aromatic heterocycles. The lowest BCUT2D eigenvalue weighted by atomic mass is 9.72. The molecule has 0 radical (unpaired) electrons. The normalized spacial score (nSPS) is 31.1. The van der Waals surface area contributed by atoms with Gasteiger partial charge in [-0.05, 0) is 36.1 Å². The van der Waals surface area contributed by atoms with E-state index in [0.717, 1.165) is 43.9 Å². The highest BCUT2D eigenvalue weighted by molar-refractivity contribution is 5.70. The van der Waals surface area contributed by atoms with Gasteiger partial charge in [-0.1, -0.05) is 6.92 Å². The number of nitrogens with one attached hydrogen (secondary N) is 1. The van der Waals surface area contributed by atoms with Crippen LogP contribution in [0.4, 0.5) is 4.79 Å². The zero-order valence-corrected chi connectivity index (χ0v) is 15.1. The van der Waals surface area contributed by atoms with Crippen molar-refractivity contribution < 1.29 is 19.0 Å². The standard InChI is InChI=1S/C19H26N2O4/c1-4-13-10-21-6-5-12-7-16(23-2)17(24-3)8-14(12)15(21)9-19(13)11-20-18(22)25-19/h7-8,13,15H,4-6,9-11H2,1-3H3,(H,20,22)/t13-,15-,19-/m0/s1. The third-order valence-electron chi connectivity index (χ3n) is 6.17. The first-order valence-electron chi connectivity index (χ1n) is 9.06. The van der Waals surface area contributed by atoms with Crippen molar-refractivity contribution in [2.45, 2.75) is 37.8 Å². The first-order chi connectivity index (χ1) is 12.1. The van der Waals surface area contributed by atoms with E-state index in [0.29, 0.717) is 12.5 Å². The van der Waals surface area contributed by atoms with Crippen LogP contribution in [0.15, 0.2) is 12.1 Å². The SMILES string of the molecule is CC[C@H]1CN2CCc3cc(OC)c(OC)cc3[C@@H]2C[C@]12CNC(=O)O2. The molecular weight excluding hydrogens is 320 g/mol. The van der Waals surface area contributed by atoms with E-state index in [1.165, 1.54) is 11.1 Å². The average Bonchev–Trinajstić information content (AvgIpc) is 3.00. The van der Waals surface area contributed by atoms with Gasteiger partial charge in [-0.2, -0.15) is 0 Å². The van der Waals surface area contributed by atoms with Crippen molar-refractivity contribution in [1.82, 2.24) is 10.2 Å². The number of amides is 1. The molecule has 0 aliphatic carbocycles. The van der Waals surface area contributed by atoms with Crippen LogP contribution in [0, 0.1) is 5.92 Å². The second-order valence-corrected chi connectivity index (χ2v) is 7.28. The molecule has 1 aromatic carbocycles. The summed E-state index contributed by atoms with van der Waals surface area (Å²) in [5.74, 6) is 1.90. The second-order valence-electron chi connectivity index (χ2n) is 7.28. The monoisotopic (exact) mass is 346 g/mol. The molecule has 3 aliphatic heterocycles. The Kier molecular flexibility index (Phi) is 4.02. The zero-order valence-electron chi connectivity index (χ0n) is 15.1. The molecule has 2 fully saturated rings. The molecule has 6 nitrogen and oxygen atoms in total. The number of ether oxygens (including phenoxy) is 3. The number of alkyl carbamates (subject to hydrolysis) is 1. The van der Waals surface area contributed by atoms with Crippen molar-refractivity contribution in [3.05, 3.63) is 23.3 Å². The number of carbonyl (C=O) groups is 1. The Balaban J connectivity index is 1.72. The van der Waals surface area contributed by atoms with Gasteiger partial charge in [-0.3, -0.25) is 4.90 Å². The highest BCUT2D eigenvalue weighted by Crippen LogP contribution is 2.48. The average molecular weight is 346 g/mol. The fraction of sp³-hybridized carbons (Fsp3) is 0.632. The number of hydrogen-bond acceptors (Lipinski definition) is 5. The summed E-state index contributed by atoms with van der Waals surface area (Å²) in [7, 11) is 3.34. The Morgan fingerprint density at radius 3 is 2.72 bits per heavy atom. The predicted octanol–water partition coefficient (Wildman–Crippen LogP) is 2.51. The molecule has 4 rings (SSSR count). The smallest absolute Gasteiger partial charge is 0.407 e. The van der Waals surface area contributed by atoms with Crippen molar-refractivity contribution in [2.75, 3.05) is 33.9 Å². The summed E-state index contributed by atoms with van der Waals surface area (Å²) in [4.78, 5) is 14.3. The first kappa shape index (κ1) is 16.5. The van der Waals surface area contributed by atoms with Crippen LogP contribution in [0.1, 0.15) is 36.9 Å². The van der Waals surface area contributed by atoms with Gasteiger partial charge in [-0.15, -0.1) is 0 Å². The number of methoxy groups -OCH3 is 2. The van der Waals surface area contributed by atoms with Crippen molar-refractivity contribution in [2.24, 2.45) is 5.92 Å². The summed E-state index contributed by atoms with van der Waals surface area (Å²) in [6.07, 6.45) is 2.56. The molecule has 3 aliphatic rings. The van der Waals surface area contributed by atoms with Crippen molar-refractivity contribution in [1.29, 1.82) is 0 Å². The Hall–Kier alpha value is -1.95. The Morgan fingerprint density at radius 1 is 1.32 bits per heavy atom. The zero-order chi connectivity index (χ0) is 17.6. The van der Waals surface area contributed by atoms with E-state index >= 15 is 0 Å². The minimum atomic E-state index is -0.394. The number of hydrogen-bond donors (Lipinski definition) is 1. The maximum Gasteiger partial charge on any atom is 0.407 e. The Bertz CT molecular complexity index is 692. The van der Waals surface area contributed by atoms with Crippen LogP contribution in [0.2, 0.25) is 0 Å². The quantitative estimate of drug-likeness (QED) is 0.911. The summed E-state index contributed by atoms with van der Waals surface area (Å²) in [5.41, 5.74) is 2.19. The van der Waals surface area contributed by atoms with Gasteiger partial charge in [0.05, 0.1) is 20.8 Å². The number of fused-ring (bicyclic) bond motifs is 3. The lowest BCUT2D eigenvalue weighted by molar-refractivity contribution is -0.0766. The van der Waals surface area contributed by atoms with Crippen LogP contribution in [0.25, 0.3) is 0 Å². The largest absolute Gasteiger partial charge is 0.493 e. The Labute approximate surface area is 148 Å². The van der Waals surface area contributed by atoms with E-state index in [1.54, 1.807) is 14.2 Å². The molecule has 3 heterocycles. The van der Waals surface area contributed by atoms with E-state index in [4.69, 9.17) is 14.2 Å². The maximum absolute atomic E-state index is 11.8. The fourth-order valence-electron chi connectivity index (χ4n) is 4.80. The molecule has 6 heteroatoms. The number of benzene rings is 1. The number of nitrogens with zero attached hydrogens (tertiary/aromatic N) is 1. The topological polar surface area (TPSA) is 60.0 Å². The minimum absolute atomic E-state index is 0.249. The summed E-state index contributed by atoms with van der Waals surface area (Å²) in [6, 6.07) is 4.46. The van der Waals surface area contributed by atoms with Gasteiger partial charge in [0.2, 0.25) is 0 Å². The van der Waals surface area contributed by atoms with Gasteiger partial charge >= 0.3 is 6.09 Å². The van der Waals surface area contributed by atoms with E-state index in [-0.39, 0.29) is 12.1 Å². The lowest BCUT2D eigenvalue weighted by Gasteiger charge is -2.50. The van der Waals surface area contributed by atoms with Crippen LogP contribution in [-0.4, -0.2) is 50.4 Å². The molecule has 0 unspecified atom stereocenters. The molecule has 1 aromatic rings. The van der Waals surface area contributed by atoms with Gasteiger partial charge in [0.25, 0.3) is 0 Å². The molecule has 0 bridgehead atoms. The van der Waals surface area contributed by atoms with Crippen LogP contribution in [-0.2, 0) is 11.2 Å².